The molecule has 6 aliphatic heterocycles. The zero-order valence-corrected chi connectivity index (χ0v) is 79.4. The Labute approximate surface area is 759 Å². The number of hydrogen-bond acceptors (Lipinski definition) is 17. The molecule has 3 unspecified atom stereocenters. The van der Waals surface area contributed by atoms with Gasteiger partial charge in [0.2, 0.25) is 0 Å². The van der Waals surface area contributed by atoms with E-state index >= 15 is 0 Å². The number of aryl methyl sites for hydroxylation is 12. The molecule has 19 rings (SSSR count). The second kappa shape index (κ2) is 38.6. The van der Waals surface area contributed by atoms with Crippen LogP contribution in [0.15, 0.2) is 225 Å². The summed E-state index contributed by atoms with van der Waals surface area (Å²) in [6, 6.07) is 52.5. The molecule has 129 heavy (non-hydrogen) atoms. The van der Waals surface area contributed by atoms with E-state index in [1.165, 1.54) is 79.2 Å². The van der Waals surface area contributed by atoms with Gasteiger partial charge < -0.3 is 19.8 Å². The van der Waals surface area contributed by atoms with E-state index in [-0.39, 0.29) is 39.5 Å². The molecule has 11 heterocycles. The summed E-state index contributed by atoms with van der Waals surface area (Å²) in [4.78, 5) is 85.9. The van der Waals surface area contributed by atoms with Crippen LogP contribution in [0.1, 0.15) is 116 Å². The first kappa shape index (κ1) is 92.9. The molecule has 0 spiro atoms. The Bertz CT molecular complexity index is 7250. The number of nitrogens with one attached hydrogen (secondary N) is 2. The van der Waals surface area contributed by atoms with Crippen molar-refractivity contribution in [1.29, 1.82) is 0 Å². The molecule has 6 aliphatic rings. The summed E-state index contributed by atoms with van der Waals surface area (Å²) >= 11 is 3.46. The molecule has 0 bridgehead atoms. The predicted octanol–water partition coefficient (Wildman–Crippen LogP) is 13.2. The quantitative estimate of drug-likeness (QED) is 0.0800. The van der Waals surface area contributed by atoms with Crippen LogP contribution in [0.25, 0.3) is 22.3 Å². The smallest absolute Gasteiger partial charge is 0.332 e. The van der Waals surface area contributed by atoms with Crippen LogP contribution in [-0.4, -0.2) is 115 Å². The van der Waals surface area contributed by atoms with Gasteiger partial charge in [-0.05, 0) is 248 Å². The second-order valence-electron chi connectivity index (χ2n) is 34.3. The third-order valence-electron chi connectivity index (χ3n) is 24.7. The first-order valence-electron chi connectivity index (χ1n) is 43.3. The van der Waals surface area contributed by atoms with E-state index in [1.54, 1.807) is 89.6 Å². The summed E-state index contributed by atoms with van der Waals surface area (Å²) in [5.74, 6) is 0.494. The molecular weight excluding hydrogens is 1760 g/mol. The van der Waals surface area contributed by atoms with Crippen molar-refractivity contribution in [3.8, 4) is 0 Å². The molecular formula is C97H111BrN16O12S3. The Hall–Kier alpha value is -12.3. The highest BCUT2D eigenvalue weighted by Crippen LogP contribution is 2.42. The number of sulfonamides is 3. The highest BCUT2D eigenvalue weighted by atomic mass is 79.9. The van der Waals surface area contributed by atoms with E-state index in [0.717, 1.165) is 138 Å². The molecule has 32 heteroatoms. The number of halogens is 1. The van der Waals surface area contributed by atoms with Gasteiger partial charge in [0.05, 0.1) is 50.0 Å². The Kier molecular flexibility index (Phi) is 27.8. The monoisotopic (exact) mass is 1870 g/mol. The number of imidazole rings is 2. The second-order valence-corrected chi connectivity index (χ2v) is 40.6. The lowest BCUT2D eigenvalue weighted by atomic mass is 10.1. The van der Waals surface area contributed by atoms with Gasteiger partial charge >= 0.3 is 17.1 Å². The van der Waals surface area contributed by atoms with Crippen molar-refractivity contribution in [3.05, 3.63) is 317 Å². The third kappa shape index (κ3) is 19.4. The van der Waals surface area contributed by atoms with E-state index in [4.69, 9.17) is 0 Å². The molecule has 0 saturated heterocycles. The largest absolute Gasteiger partial charge is 0.384 e. The minimum absolute atomic E-state index is 0.00865. The lowest BCUT2D eigenvalue weighted by molar-refractivity contribution is 0.534. The van der Waals surface area contributed by atoms with E-state index < -0.39 is 41.3 Å². The molecule has 13 aromatic rings. The Balaban J connectivity index is 0.000000130. The van der Waals surface area contributed by atoms with Crippen LogP contribution in [0, 0.1) is 55.4 Å². The fourth-order valence-corrected chi connectivity index (χ4v) is 22.7. The average molecular weight is 1870 g/mol. The lowest BCUT2D eigenvalue weighted by Gasteiger charge is -2.27. The molecule has 3 atom stereocenters. The van der Waals surface area contributed by atoms with Gasteiger partial charge in [-0.15, -0.1) is 0 Å². The van der Waals surface area contributed by atoms with Crippen molar-refractivity contribution < 1.29 is 25.3 Å². The lowest BCUT2D eigenvalue weighted by Crippen LogP contribution is -2.38. The number of rotatable bonds is 17. The van der Waals surface area contributed by atoms with Crippen molar-refractivity contribution >= 4 is 109 Å². The number of hydrogen-bond donors (Lipinski definition) is 2. The number of aliphatic imine (C=N–C) groups is 1. The number of benzene rings is 8. The molecule has 0 saturated carbocycles. The van der Waals surface area contributed by atoms with E-state index in [2.05, 4.69) is 104 Å². The predicted molar refractivity (Wildman–Crippen MR) is 516 cm³/mol. The van der Waals surface area contributed by atoms with Crippen molar-refractivity contribution in [2.24, 2.45) is 47.3 Å². The van der Waals surface area contributed by atoms with Gasteiger partial charge in [-0.1, -0.05) is 130 Å². The topological polar surface area (TPSA) is 316 Å². The number of fused-ring (bicyclic) bond motifs is 8. The van der Waals surface area contributed by atoms with Gasteiger partial charge in [0.25, 0.3) is 46.7 Å². The standard InChI is InChI=1S/C26H29N5O4S.C19H22BrNO2S.C19H23N5O2.C16H17NO2S.C9H11N.C8H9N3O2/c1-17-8-11-21(12-9-17)36(34,35)31-20(15-19-10-7-18(2)14-22(19)31)6-5-13-30-16-27-24-23(30)25(32)29(4)26(33)28(24)3;1-14-6-9-18(10-7-14)24(22,23)21-17(4-3-11-20)13-16-8-5-15(2)12-19(16)21;1-12-6-7-13-10-14(21-15(13)9-12)5-4-8-24-11-20-17-16(24)18(25)23(3)19(26)22(17)2;1-12-4-7-15(8-5-12)20(18,19)17-10-9-14-6-3-13(2)11-16(14)17;1-7-2-3-8-4-5-10-9(8)6-7;1-10-6-5(3-4-9-6)7(12)11(2)8(10)13/h7-12,14,16,20H,5-6,13,15H2,1-4H3;5-10,12,17H,3-4,11,13H2,1-2H3;6-7,9,11,14,21H,4-5,8,10H2,1-3H3;3-8,11H,9-10H2,1-2H3;2-3,6,10H,4-5H2,1H3;4H,3H2,1-2H3. The molecule has 0 fully saturated rings. The van der Waals surface area contributed by atoms with Crippen LogP contribution in [-0.2, 0) is 124 Å². The summed E-state index contributed by atoms with van der Waals surface area (Å²) in [7, 11) is -1.48. The Morgan fingerprint density at radius 1 is 0.403 bits per heavy atom. The molecule has 8 aromatic carbocycles. The number of alkyl halides is 1. The highest BCUT2D eigenvalue weighted by molar-refractivity contribution is 9.09. The van der Waals surface area contributed by atoms with Crippen molar-refractivity contribution in [2.75, 3.05) is 42.0 Å². The van der Waals surface area contributed by atoms with E-state index in [1.807, 2.05) is 125 Å². The van der Waals surface area contributed by atoms with Crippen molar-refractivity contribution in [3.63, 3.8) is 0 Å². The maximum Gasteiger partial charge on any atom is 0.332 e. The van der Waals surface area contributed by atoms with E-state index in [9.17, 15) is 54.0 Å². The molecule has 0 aliphatic carbocycles. The zero-order valence-electron chi connectivity index (χ0n) is 75.3. The molecule has 2 N–H and O–H groups in total. The zero-order chi connectivity index (χ0) is 92.4. The third-order valence-corrected chi connectivity index (χ3v) is 30.8. The van der Waals surface area contributed by atoms with Crippen molar-refractivity contribution in [2.45, 2.75) is 178 Å². The van der Waals surface area contributed by atoms with Crippen LogP contribution in [0.3, 0.4) is 0 Å². The molecule has 0 amide bonds. The maximum absolute atomic E-state index is 13.8. The summed E-state index contributed by atoms with van der Waals surface area (Å²) in [5, 5.41) is 7.82. The maximum atomic E-state index is 13.8. The normalized spacial score (nSPS) is 15.5. The number of nitrogens with zero attached hydrogens (tertiary/aromatic N) is 14. The van der Waals surface area contributed by atoms with Crippen LogP contribution >= 0.6 is 15.9 Å². The van der Waals surface area contributed by atoms with Crippen LogP contribution in [0.2, 0.25) is 0 Å². The number of anilines is 5. The number of aromatic nitrogens is 10. The van der Waals surface area contributed by atoms with Crippen LogP contribution in [0.4, 0.5) is 34.3 Å². The van der Waals surface area contributed by atoms with Crippen LogP contribution < -0.4 is 57.3 Å². The van der Waals surface area contributed by atoms with Gasteiger partial charge in [0.1, 0.15) is 5.82 Å². The van der Waals surface area contributed by atoms with Gasteiger partial charge in [0, 0.05) is 116 Å². The van der Waals surface area contributed by atoms with Gasteiger partial charge in [-0.25, -0.2) is 54.6 Å². The molecule has 0 radical (unpaired) electrons. The van der Waals surface area contributed by atoms with E-state index in [0.29, 0.717) is 94.9 Å². The fraction of sp³-hybridized carbons (Fsp3) is 0.351. The minimum atomic E-state index is -3.75. The Morgan fingerprint density at radius 3 is 1.29 bits per heavy atom. The summed E-state index contributed by atoms with van der Waals surface area (Å²) in [6.45, 7) is 18.8. The minimum Gasteiger partial charge on any atom is -0.384 e. The highest BCUT2D eigenvalue weighted by Gasteiger charge is 2.41. The Morgan fingerprint density at radius 2 is 0.806 bits per heavy atom. The summed E-state index contributed by atoms with van der Waals surface area (Å²) in [5.41, 5.74) is 20.2. The van der Waals surface area contributed by atoms with Crippen LogP contribution in [0.5, 0.6) is 0 Å². The molecule has 28 nitrogen and oxygen atoms in total. The molecule has 5 aromatic heterocycles. The first-order chi connectivity index (χ1) is 61.4. The summed E-state index contributed by atoms with van der Waals surface area (Å²) in [6.07, 6.45) is 14.8. The van der Waals surface area contributed by atoms with Gasteiger partial charge in [0.15, 0.2) is 22.3 Å². The fourth-order valence-electron chi connectivity index (χ4n) is 17.5. The first-order valence-corrected chi connectivity index (χ1v) is 48.8. The van der Waals surface area contributed by atoms with Crippen molar-refractivity contribution in [1.82, 2.24) is 46.5 Å². The van der Waals surface area contributed by atoms with Gasteiger partial charge in [-0.3, -0.25) is 54.7 Å². The molecule has 676 valence electrons. The summed E-state index contributed by atoms with van der Waals surface area (Å²) < 4.78 is 95.5. The van der Waals surface area contributed by atoms with Gasteiger partial charge in [-0.2, -0.15) is 0 Å². The average Bonchev–Trinajstić information content (AvgIpc) is 1.73. The SMILES string of the molecule is Cc1ccc(S(=O)(=O)N2CCc3ccc(C)cc32)cc1.Cc1ccc(S(=O)(=O)N2c3cc(C)ccc3CC2CCCBr)cc1.Cc1ccc(S(=O)(=O)N2c3cc(C)ccc3CC2CCCn2cnc3c2c(=O)n(C)c(=O)n3C)cc1.Cc1ccc2c(c1)NC(CCCn1cnc3c1c(=O)n(C)c(=O)n3C)C2.Cc1ccc2c(c1)NCC2.Cn1c2c(c(=O)n(C)c1=O)CC=N2.